The monoisotopic (exact) mass is 378 g/mol. The number of amides is 1. The number of para-hydroxylation sites is 2. The molecular weight excluding hydrogens is 352 g/mol. The van der Waals surface area contributed by atoms with Crippen LogP contribution in [0.3, 0.4) is 0 Å². The van der Waals surface area contributed by atoms with E-state index in [1.165, 1.54) is 10.9 Å². The third kappa shape index (κ3) is 3.38. The van der Waals surface area contributed by atoms with Crippen LogP contribution in [0.15, 0.2) is 54.7 Å². The average Bonchev–Trinajstić information content (AvgIpc) is 3.17. The molecule has 0 radical (unpaired) electrons. The molecular formula is C23H26N2O3. The quantitative estimate of drug-likeness (QED) is 0.689. The van der Waals surface area contributed by atoms with Crippen LogP contribution in [0.1, 0.15) is 24.0 Å². The van der Waals surface area contributed by atoms with Gasteiger partial charge in [-0.1, -0.05) is 36.4 Å². The summed E-state index contributed by atoms with van der Waals surface area (Å²) in [4.78, 5) is 16.6. The van der Waals surface area contributed by atoms with Gasteiger partial charge in [-0.3, -0.25) is 4.79 Å². The van der Waals surface area contributed by atoms with Gasteiger partial charge < -0.3 is 19.8 Å². The largest absolute Gasteiger partial charge is 0.496 e. The first-order valence-corrected chi connectivity index (χ1v) is 9.79. The molecule has 2 aromatic carbocycles. The fourth-order valence-electron chi connectivity index (χ4n) is 4.20. The molecule has 0 aliphatic carbocycles. The lowest BCUT2D eigenvalue weighted by molar-refractivity contribution is -0.130. The minimum Gasteiger partial charge on any atom is -0.496 e. The van der Waals surface area contributed by atoms with Crippen LogP contribution in [0.2, 0.25) is 0 Å². The third-order valence-corrected chi connectivity index (χ3v) is 5.76. The van der Waals surface area contributed by atoms with Crippen molar-refractivity contribution in [2.45, 2.75) is 24.7 Å². The van der Waals surface area contributed by atoms with Crippen molar-refractivity contribution in [3.8, 4) is 5.75 Å². The molecule has 1 aromatic heterocycles. The average molecular weight is 378 g/mol. The first-order valence-electron chi connectivity index (χ1n) is 9.79. The Morgan fingerprint density at radius 3 is 2.71 bits per heavy atom. The van der Waals surface area contributed by atoms with Gasteiger partial charge in [0.1, 0.15) is 5.75 Å². The van der Waals surface area contributed by atoms with E-state index in [0.29, 0.717) is 32.6 Å². The smallest absolute Gasteiger partial charge is 0.230 e. The Balaban J connectivity index is 1.52. The van der Waals surface area contributed by atoms with Crippen LogP contribution < -0.4 is 10.1 Å². The highest BCUT2D eigenvalue weighted by atomic mass is 16.5. The molecule has 146 valence electrons. The first kappa shape index (κ1) is 18.6. The van der Waals surface area contributed by atoms with Crippen molar-refractivity contribution >= 4 is 16.8 Å². The highest BCUT2D eigenvalue weighted by Crippen LogP contribution is 2.40. The number of aromatic nitrogens is 1. The molecule has 5 heteroatoms. The number of carbonyl (C=O) groups is 1. The highest BCUT2D eigenvalue weighted by molar-refractivity contribution is 5.89. The molecule has 0 bridgehead atoms. The van der Waals surface area contributed by atoms with Crippen LogP contribution in [0.4, 0.5) is 0 Å². The number of fused-ring (bicyclic) bond motifs is 1. The van der Waals surface area contributed by atoms with Crippen LogP contribution in [0.25, 0.3) is 10.9 Å². The van der Waals surface area contributed by atoms with Gasteiger partial charge in [0, 0.05) is 42.4 Å². The summed E-state index contributed by atoms with van der Waals surface area (Å²) in [6.07, 6.45) is 4.13. The lowest BCUT2D eigenvalue weighted by Crippen LogP contribution is -2.48. The van der Waals surface area contributed by atoms with Gasteiger partial charge in [0.2, 0.25) is 5.91 Å². The van der Waals surface area contributed by atoms with Gasteiger partial charge in [-0.05, 0) is 37.0 Å². The number of methoxy groups -OCH3 is 1. The molecule has 3 aromatic rings. The van der Waals surface area contributed by atoms with Gasteiger partial charge in [0.25, 0.3) is 0 Å². The minimum absolute atomic E-state index is 0.0557. The lowest BCUT2D eigenvalue weighted by atomic mass is 9.73. The molecule has 1 fully saturated rings. The van der Waals surface area contributed by atoms with Crippen molar-refractivity contribution in [2.24, 2.45) is 0 Å². The number of hydrogen-bond acceptors (Lipinski definition) is 3. The van der Waals surface area contributed by atoms with Gasteiger partial charge in [0.05, 0.1) is 12.5 Å². The van der Waals surface area contributed by atoms with Crippen LogP contribution >= 0.6 is 0 Å². The molecule has 1 aliphatic rings. The molecule has 0 atom stereocenters. The molecule has 2 N–H and O–H groups in total. The number of benzene rings is 2. The highest BCUT2D eigenvalue weighted by Gasteiger charge is 2.43. The molecule has 28 heavy (non-hydrogen) atoms. The number of rotatable bonds is 6. The number of carbonyl (C=O) groups excluding carboxylic acids is 1. The Morgan fingerprint density at radius 1 is 1.14 bits per heavy atom. The van der Waals surface area contributed by atoms with E-state index in [1.54, 1.807) is 7.11 Å². The number of hydrogen-bond donors (Lipinski definition) is 2. The Bertz CT molecular complexity index is 957. The summed E-state index contributed by atoms with van der Waals surface area (Å²) >= 11 is 0. The zero-order chi connectivity index (χ0) is 19.4. The molecule has 0 unspecified atom stereocenters. The van der Waals surface area contributed by atoms with E-state index in [9.17, 15) is 4.79 Å². The lowest BCUT2D eigenvalue weighted by Gasteiger charge is -2.37. The zero-order valence-corrected chi connectivity index (χ0v) is 16.2. The van der Waals surface area contributed by atoms with Gasteiger partial charge in [0.15, 0.2) is 0 Å². The molecule has 4 rings (SSSR count). The molecule has 1 aliphatic heterocycles. The second kappa shape index (κ2) is 8.07. The molecule has 2 heterocycles. The molecule has 1 saturated heterocycles. The van der Waals surface area contributed by atoms with E-state index >= 15 is 0 Å². The minimum atomic E-state index is -0.606. The van der Waals surface area contributed by atoms with Crippen molar-refractivity contribution < 1.29 is 14.3 Å². The van der Waals surface area contributed by atoms with Crippen molar-refractivity contribution in [1.29, 1.82) is 0 Å². The van der Waals surface area contributed by atoms with Crippen molar-refractivity contribution in [2.75, 3.05) is 26.9 Å². The van der Waals surface area contributed by atoms with E-state index < -0.39 is 5.41 Å². The van der Waals surface area contributed by atoms with Gasteiger partial charge >= 0.3 is 0 Å². The van der Waals surface area contributed by atoms with Crippen LogP contribution in [-0.4, -0.2) is 37.8 Å². The summed E-state index contributed by atoms with van der Waals surface area (Å²) < 4.78 is 11.1. The Labute approximate surface area is 165 Å². The van der Waals surface area contributed by atoms with Crippen LogP contribution in [0.5, 0.6) is 5.75 Å². The van der Waals surface area contributed by atoms with Crippen molar-refractivity contribution in [3.63, 3.8) is 0 Å². The molecule has 0 saturated carbocycles. The summed E-state index contributed by atoms with van der Waals surface area (Å²) in [6, 6.07) is 16.1. The van der Waals surface area contributed by atoms with Crippen LogP contribution in [0, 0.1) is 0 Å². The predicted octanol–water partition coefficient (Wildman–Crippen LogP) is 3.58. The van der Waals surface area contributed by atoms with Gasteiger partial charge in [-0.25, -0.2) is 0 Å². The van der Waals surface area contributed by atoms with E-state index in [0.717, 1.165) is 23.3 Å². The van der Waals surface area contributed by atoms with Crippen molar-refractivity contribution in [3.05, 3.63) is 65.9 Å². The van der Waals surface area contributed by atoms with E-state index in [-0.39, 0.29) is 5.91 Å². The number of nitrogens with one attached hydrogen (secondary N) is 2. The maximum Gasteiger partial charge on any atom is 0.230 e. The standard InChI is InChI=1S/C23H26N2O3/c1-27-21-9-5-3-7-19(21)23(11-14-28-15-12-23)22(26)24-13-10-17-16-25-20-8-4-2-6-18(17)20/h2-9,16,25H,10-15H2,1H3,(H,24,26). The van der Waals surface area contributed by atoms with E-state index in [1.807, 2.05) is 42.6 Å². The van der Waals surface area contributed by atoms with Crippen LogP contribution in [-0.2, 0) is 21.4 Å². The Kier molecular flexibility index (Phi) is 5.35. The zero-order valence-electron chi connectivity index (χ0n) is 16.2. The molecule has 5 nitrogen and oxygen atoms in total. The van der Waals surface area contributed by atoms with Gasteiger partial charge in [-0.2, -0.15) is 0 Å². The third-order valence-electron chi connectivity index (χ3n) is 5.76. The summed E-state index contributed by atoms with van der Waals surface area (Å²) in [5.41, 5.74) is 2.68. The predicted molar refractivity (Wildman–Crippen MR) is 110 cm³/mol. The summed E-state index contributed by atoms with van der Waals surface area (Å²) in [6.45, 7) is 1.75. The SMILES string of the molecule is COc1ccccc1C1(C(=O)NCCc2c[nH]c3ccccc23)CCOCC1. The fraction of sp³-hybridized carbons (Fsp3) is 0.348. The first-order chi connectivity index (χ1) is 13.7. The maximum absolute atomic E-state index is 13.4. The van der Waals surface area contributed by atoms with Gasteiger partial charge in [-0.15, -0.1) is 0 Å². The second-order valence-electron chi connectivity index (χ2n) is 7.26. The summed E-state index contributed by atoms with van der Waals surface area (Å²) in [7, 11) is 1.65. The number of ether oxygens (including phenoxy) is 2. The summed E-state index contributed by atoms with van der Waals surface area (Å²) in [5, 5.41) is 4.39. The normalized spacial score (nSPS) is 16.0. The molecule has 0 spiro atoms. The summed E-state index contributed by atoms with van der Waals surface area (Å²) in [5.74, 6) is 0.816. The Morgan fingerprint density at radius 2 is 1.89 bits per heavy atom. The second-order valence-corrected chi connectivity index (χ2v) is 7.26. The number of H-pyrrole nitrogens is 1. The Hall–Kier alpha value is -2.79. The molecule has 1 amide bonds. The van der Waals surface area contributed by atoms with Crippen molar-refractivity contribution in [1.82, 2.24) is 10.3 Å². The number of aromatic amines is 1. The van der Waals surface area contributed by atoms with E-state index in [4.69, 9.17) is 9.47 Å². The maximum atomic E-state index is 13.4. The fourth-order valence-corrected chi connectivity index (χ4v) is 4.20. The van der Waals surface area contributed by atoms with E-state index in [2.05, 4.69) is 22.4 Å². The topological polar surface area (TPSA) is 63.3 Å².